The number of nitrogens with one attached hydrogen (secondary N) is 1. The largest absolute Gasteiger partial charge is 0.382 e. The molecule has 1 amide bonds. The summed E-state index contributed by atoms with van der Waals surface area (Å²) in [7, 11) is 0. The van der Waals surface area contributed by atoms with Crippen LogP contribution >= 0.6 is 22.9 Å². The summed E-state index contributed by atoms with van der Waals surface area (Å²) in [6.45, 7) is 1.96. The molecule has 3 rings (SSSR count). The van der Waals surface area contributed by atoms with Crippen molar-refractivity contribution < 1.29 is 4.79 Å². The van der Waals surface area contributed by atoms with Crippen molar-refractivity contribution in [2.75, 3.05) is 11.1 Å². The molecule has 10 heteroatoms. The maximum atomic E-state index is 12.2. The van der Waals surface area contributed by atoms with Crippen LogP contribution in [0.3, 0.4) is 0 Å². The predicted molar refractivity (Wildman–Crippen MR) is 88.0 cm³/mol. The Morgan fingerprint density at radius 2 is 2.04 bits per heavy atom. The fourth-order valence-electron chi connectivity index (χ4n) is 1.83. The molecular weight excluding hydrogens is 338 g/mol. The van der Waals surface area contributed by atoms with Crippen LogP contribution in [0.1, 0.15) is 22.4 Å². The third-order valence-corrected chi connectivity index (χ3v) is 4.22. The van der Waals surface area contributed by atoms with Crippen LogP contribution in [-0.4, -0.2) is 31.1 Å². The van der Waals surface area contributed by atoms with Gasteiger partial charge in [0.05, 0.1) is 5.69 Å². The van der Waals surface area contributed by atoms with Crippen LogP contribution in [0.15, 0.2) is 24.3 Å². The van der Waals surface area contributed by atoms with Crippen LogP contribution in [-0.2, 0) is 6.42 Å². The molecule has 0 spiro atoms. The Hall–Kier alpha value is -2.52. The Labute approximate surface area is 140 Å². The first kappa shape index (κ1) is 15.4. The van der Waals surface area contributed by atoms with E-state index in [0.717, 1.165) is 11.4 Å². The molecule has 2 heterocycles. The molecule has 2 aromatic heterocycles. The minimum atomic E-state index is -0.485. The van der Waals surface area contributed by atoms with E-state index >= 15 is 0 Å². The quantitative estimate of drug-likeness (QED) is 0.746. The first-order chi connectivity index (χ1) is 11.1. The summed E-state index contributed by atoms with van der Waals surface area (Å²) < 4.78 is 1.36. The van der Waals surface area contributed by atoms with Gasteiger partial charge < -0.3 is 5.73 Å². The first-order valence-corrected chi connectivity index (χ1v) is 7.88. The molecule has 0 aliphatic heterocycles. The van der Waals surface area contributed by atoms with E-state index in [9.17, 15) is 4.79 Å². The molecule has 3 aromatic rings. The SMILES string of the molecule is CCc1nnc(NC(=O)c2nnn(-c3ccc(Cl)cc3)c2N)s1. The molecule has 1 aromatic carbocycles. The van der Waals surface area contributed by atoms with Gasteiger partial charge in [0, 0.05) is 5.02 Å². The average molecular weight is 350 g/mol. The minimum absolute atomic E-state index is 0.0215. The van der Waals surface area contributed by atoms with Gasteiger partial charge >= 0.3 is 0 Å². The van der Waals surface area contributed by atoms with Crippen molar-refractivity contribution >= 4 is 39.8 Å². The number of halogens is 1. The third-order valence-electron chi connectivity index (χ3n) is 2.98. The number of hydrogen-bond acceptors (Lipinski definition) is 7. The van der Waals surface area contributed by atoms with Gasteiger partial charge in [0.15, 0.2) is 11.5 Å². The summed E-state index contributed by atoms with van der Waals surface area (Å²) in [4.78, 5) is 12.2. The smallest absolute Gasteiger partial charge is 0.281 e. The summed E-state index contributed by atoms with van der Waals surface area (Å²) >= 11 is 7.15. The Bertz CT molecular complexity index is 842. The van der Waals surface area contributed by atoms with Gasteiger partial charge in [0.2, 0.25) is 5.13 Å². The van der Waals surface area contributed by atoms with Crippen molar-refractivity contribution in [3.8, 4) is 5.69 Å². The number of carbonyl (C=O) groups is 1. The van der Waals surface area contributed by atoms with Crippen molar-refractivity contribution in [3.05, 3.63) is 40.0 Å². The number of aromatic nitrogens is 5. The highest BCUT2D eigenvalue weighted by atomic mass is 35.5. The van der Waals surface area contributed by atoms with Gasteiger partial charge in [-0.05, 0) is 30.7 Å². The molecule has 0 atom stereocenters. The highest BCUT2D eigenvalue weighted by Gasteiger charge is 2.19. The van der Waals surface area contributed by atoms with Crippen molar-refractivity contribution in [3.63, 3.8) is 0 Å². The van der Waals surface area contributed by atoms with E-state index in [-0.39, 0.29) is 11.5 Å². The second kappa shape index (κ2) is 6.31. The molecule has 0 aliphatic rings. The van der Waals surface area contributed by atoms with E-state index < -0.39 is 5.91 Å². The monoisotopic (exact) mass is 349 g/mol. The molecule has 0 saturated heterocycles. The number of nitrogens with two attached hydrogens (primary N) is 1. The molecule has 23 heavy (non-hydrogen) atoms. The molecular formula is C13H12ClN7OS. The summed E-state index contributed by atoms with van der Waals surface area (Å²) in [5.41, 5.74) is 6.65. The number of anilines is 2. The number of rotatable bonds is 4. The van der Waals surface area contributed by atoms with E-state index in [1.54, 1.807) is 24.3 Å². The summed E-state index contributed by atoms with van der Waals surface area (Å²) in [5, 5.41) is 20.0. The lowest BCUT2D eigenvalue weighted by Gasteiger charge is -2.03. The summed E-state index contributed by atoms with van der Waals surface area (Å²) in [6.07, 6.45) is 0.752. The number of aryl methyl sites for hydroxylation is 1. The third kappa shape index (κ3) is 3.15. The fourth-order valence-corrected chi connectivity index (χ4v) is 2.63. The zero-order valence-corrected chi connectivity index (χ0v) is 13.6. The van der Waals surface area contributed by atoms with Crippen LogP contribution in [0.4, 0.5) is 10.9 Å². The lowest BCUT2D eigenvalue weighted by molar-refractivity contribution is 0.102. The van der Waals surface area contributed by atoms with Crippen LogP contribution in [0.5, 0.6) is 0 Å². The van der Waals surface area contributed by atoms with Gasteiger partial charge in [-0.15, -0.1) is 15.3 Å². The van der Waals surface area contributed by atoms with Crippen molar-refractivity contribution in [1.82, 2.24) is 25.2 Å². The standard InChI is InChI=1S/C13H12ClN7OS/c1-2-9-17-19-13(23-9)16-12(22)10-11(15)21(20-18-10)8-5-3-7(14)4-6-8/h3-6H,2,15H2,1H3,(H,16,19,22). The van der Waals surface area contributed by atoms with Gasteiger partial charge in [0.1, 0.15) is 5.01 Å². The lowest BCUT2D eigenvalue weighted by atomic mass is 10.3. The average Bonchev–Trinajstić information content (AvgIpc) is 3.14. The molecule has 3 N–H and O–H groups in total. The Kier molecular flexibility index (Phi) is 4.22. The number of hydrogen-bond donors (Lipinski definition) is 2. The van der Waals surface area contributed by atoms with Gasteiger partial charge in [-0.3, -0.25) is 10.1 Å². The van der Waals surface area contributed by atoms with Crippen molar-refractivity contribution in [1.29, 1.82) is 0 Å². The normalized spacial score (nSPS) is 10.7. The van der Waals surface area contributed by atoms with Gasteiger partial charge in [-0.1, -0.05) is 35.1 Å². The van der Waals surface area contributed by atoms with Crippen LogP contribution < -0.4 is 11.1 Å². The molecule has 118 valence electrons. The zero-order chi connectivity index (χ0) is 16.4. The highest BCUT2D eigenvalue weighted by molar-refractivity contribution is 7.15. The second-order valence-corrected chi connectivity index (χ2v) is 6.02. The van der Waals surface area contributed by atoms with E-state index in [0.29, 0.717) is 15.8 Å². The Morgan fingerprint density at radius 3 is 2.70 bits per heavy atom. The van der Waals surface area contributed by atoms with E-state index in [1.165, 1.54) is 16.0 Å². The second-order valence-electron chi connectivity index (χ2n) is 4.52. The maximum Gasteiger partial charge on any atom is 0.281 e. The lowest BCUT2D eigenvalue weighted by Crippen LogP contribution is -2.15. The van der Waals surface area contributed by atoms with E-state index in [4.69, 9.17) is 17.3 Å². The molecule has 0 radical (unpaired) electrons. The number of benzene rings is 1. The first-order valence-electron chi connectivity index (χ1n) is 6.69. The maximum absolute atomic E-state index is 12.2. The fraction of sp³-hybridized carbons (Fsp3) is 0.154. The molecule has 0 unspecified atom stereocenters. The highest BCUT2D eigenvalue weighted by Crippen LogP contribution is 2.20. The van der Waals surface area contributed by atoms with E-state index in [2.05, 4.69) is 25.8 Å². The van der Waals surface area contributed by atoms with Crippen LogP contribution in [0.25, 0.3) is 5.69 Å². The molecule has 8 nitrogen and oxygen atoms in total. The molecule has 0 bridgehead atoms. The van der Waals surface area contributed by atoms with Gasteiger partial charge in [-0.25, -0.2) is 0 Å². The van der Waals surface area contributed by atoms with Crippen LogP contribution in [0.2, 0.25) is 5.02 Å². The topological polar surface area (TPSA) is 112 Å². The summed E-state index contributed by atoms with van der Waals surface area (Å²) in [5.74, 6) is -0.355. The molecule has 0 saturated carbocycles. The number of nitrogen functional groups attached to an aromatic ring is 1. The minimum Gasteiger partial charge on any atom is -0.382 e. The number of nitrogens with zero attached hydrogens (tertiary/aromatic N) is 5. The number of carbonyl (C=O) groups excluding carboxylic acids is 1. The molecule has 0 aliphatic carbocycles. The predicted octanol–water partition coefficient (Wildman–Crippen LogP) is 2.17. The Morgan fingerprint density at radius 1 is 1.30 bits per heavy atom. The number of amides is 1. The van der Waals surface area contributed by atoms with Crippen LogP contribution in [0, 0.1) is 0 Å². The summed E-state index contributed by atoms with van der Waals surface area (Å²) in [6, 6.07) is 6.86. The zero-order valence-electron chi connectivity index (χ0n) is 12.0. The van der Waals surface area contributed by atoms with Gasteiger partial charge in [0.25, 0.3) is 5.91 Å². The Balaban J connectivity index is 1.83. The van der Waals surface area contributed by atoms with Gasteiger partial charge in [-0.2, -0.15) is 4.68 Å². The van der Waals surface area contributed by atoms with Crippen molar-refractivity contribution in [2.45, 2.75) is 13.3 Å². The van der Waals surface area contributed by atoms with Crippen molar-refractivity contribution in [2.24, 2.45) is 0 Å². The molecule has 0 fully saturated rings. The van der Waals surface area contributed by atoms with E-state index in [1.807, 2.05) is 6.92 Å².